The highest BCUT2D eigenvalue weighted by molar-refractivity contribution is 5.19. The van der Waals surface area contributed by atoms with E-state index in [1.54, 1.807) is 0 Å². The van der Waals surface area contributed by atoms with Crippen LogP contribution in [0.4, 0.5) is 8.78 Å². The molecule has 1 rings (SSSR count). The van der Waals surface area contributed by atoms with Crippen molar-refractivity contribution in [1.29, 1.82) is 0 Å². The van der Waals surface area contributed by atoms with E-state index in [0.29, 0.717) is 12.0 Å². The molecule has 1 nitrogen and oxygen atoms in total. The van der Waals surface area contributed by atoms with E-state index in [4.69, 9.17) is 0 Å². The second kappa shape index (κ2) is 5.81. The summed E-state index contributed by atoms with van der Waals surface area (Å²) in [6.45, 7) is 2.09. The van der Waals surface area contributed by atoms with Crippen LogP contribution in [-0.4, -0.2) is 13.1 Å². The van der Waals surface area contributed by atoms with Crippen molar-refractivity contribution in [2.45, 2.75) is 32.2 Å². The van der Waals surface area contributed by atoms with Crippen LogP contribution in [0.15, 0.2) is 18.2 Å². The van der Waals surface area contributed by atoms with Crippen molar-refractivity contribution in [3.05, 3.63) is 35.4 Å². The Morgan fingerprint density at radius 2 is 2.07 bits per heavy atom. The minimum Gasteiger partial charge on any atom is -0.317 e. The Balaban J connectivity index is 2.70. The van der Waals surface area contributed by atoms with Crippen LogP contribution in [0.2, 0.25) is 0 Å². The van der Waals surface area contributed by atoms with Crippen molar-refractivity contribution in [2.24, 2.45) is 0 Å². The largest absolute Gasteiger partial charge is 0.317 e. The molecular formula is C12H17F2N. The number of likely N-dealkylation sites (N-methyl/N-ethyl adjacent to an activating group) is 1. The Morgan fingerprint density at radius 1 is 1.33 bits per heavy atom. The van der Waals surface area contributed by atoms with Gasteiger partial charge >= 0.3 is 0 Å². The van der Waals surface area contributed by atoms with Crippen LogP contribution in [-0.2, 0) is 6.42 Å². The van der Waals surface area contributed by atoms with E-state index in [1.165, 1.54) is 12.1 Å². The fraction of sp³-hybridized carbons (Fsp3) is 0.500. The van der Waals surface area contributed by atoms with Crippen LogP contribution >= 0.6 is 0 Å². The van der Waals surface area contributed by atoms with Gasteiger partial charge in [-0.25, -0.2) is 8.78 Å². The van der Waals surface area contributed by atoms with Gasteiger partial charge in [-0.05, 0) is 31.5 Å². The molecule has 0 spiro atoms. The van der Waals surface area contributed by atoms with Crippen LogP contribution in [0.1, 0.15) is 25.3 Å². The molecule has 1 atom stereocenters. The molecule has 1 N–H and O–H groups in total. The summed E-state index contributed by atoms with van der Waals surface area (Å²) in [6, 6.07) is 4.02. The number of benzene rings is 1. The summed E-state index contributed by atoms with van der Waals surface area (Å²) >= 11 is 0. The fourth-order valence-corrected chi connectivity index (χ4v) is 1.65. The monoisotopic (exact) mass is 213 g/mol. The van der Waals surface area contributed by atoms with Crippen molar-refractivity contribution < 1.29 is 8.78 Å². The smallest absolute Gasteiger partial charge is 0.129 e. The highest BCUT2D eigenvalue weighted by atomic mass is 19.1. The van der Waals surface area contributed by atoms with Crippen LogP contribution in [0, 0.1) is 11.6 Å². The zero-order valence-corrected chi connectivity index (χ0v) is 9.19. The topological polar surface area (TPSA) is 12.0 Å². The normalized spacial score (nSPS) is 12.8. The van der Waals surface area contributed by atoms with E-state index in [2.05, 4.69) is 12.2 Å². The minimum atomic E-state index is -0.521. The quantitative estimate of drug-likeness (QED) is 0.793. The van der Waals surface area contributed by atoms with Gasteiger partial charge in [0.05, 0.1) is 0 Å². The van der Waals surface area contributed by atoms with Crippen LogP contribution in [0.5, 0.6) is 0 Å². The van der Waals surface area contributed by atoms with Crippen molar-refractivity contribution in [3.63, 3.8) is 0 Å². The summed E-state index contributed by atoms with van der Waals surface area (Å²) in [6.07, 6.45) is 2.65. The first-order chi connectivity index (χ1) is 7.17. The predicted molar refractivity (Wildman–Crippen MR) is 57.8 cm³/mol. The van der Waals surface area contributed by atoms with Gasteiger partial charge in [-0.1, -0.05) is 19.4 Å². The van der Waals surface area contributed by atoms with E-state index in [1.807, 2.05) is 7.05 Å². The van der Waals surface area contributed by atoms with E-state index < -0.39 is 11.6 Å². The number of rotatable bonds is 5. The standard InChI is InChI=1S/C12H17F2N/c1-3-4-11(15-2)7-9-5-6-10(13)8-12(9)14/h5-6,8,11,15H,3-4,7H2,1-2H3. The molecule has 84 valence electrons. The van der Waals surface area contributed by atoms with Gasteiger partial charge < -0.3 is 5.32 Å². The molecule has 15 heavy (non-hydrogen) atoms. The molecule has 0 saturated heterocycles. The Bertz CT molecular complexity index is 312. The number of nitrogens with one attached hydrogen (secondary N) is 1. The Hall–Kier alpha value is -0.960. The lowest BCUT2D eigenvalue weighted by molar-refractivity contribution is 0.496. The zero-order chi connectivity index (χ0) is 11.3. The molecule has 0 aliphatic rings. The third-order valence-corrected chi connectivity index (χ3v) is 2.53. The Morgan fingerprint density at radius 3 is 2.60 bits per heavy atom. The molecular weight excluding hydrogens is 196 g/mol. The zero-order valence-electron chi connectivity index (χ0n) is 9.19. The highest BCUT2D eigenvalue weighted by Crippen LogP contribution is 2.13. The van der Waals surface area contributed by atoms with E-state index in [0.717, 1.165) is 18.9 Å². The number of halogens is 2. The van der Waals surface area contributed by atoms with Gasteiger partial charge in [0.15, 0.2) is 0 Å². The second-order valence-corrected chi connectivity index (χ2v) is 3.71. The summed E-state index contributed by atoms with van der Waals surface area (Å²) < 4.78 is 26.0. The lowest BCUT2D eigenvalue weighted by Gasteiger charge is -2.15. The summed E-state index contributed by atoms with van der Waals surface area (Å²) in [7, 11) is 1.86. The van der Waals surface area contributed by atoms with Gasteiger partial charge in [-0.2, -0.15) is 0 Å². The van der Waals surface area contributed by atoms with Crippen LogP contribution in [0.25, 0.3) is 0 Å². The Labute approximate surface area is 89.5 Å². The van der Waals surface area contributed by atoms with Gasteiger partial charge in [0, 0.05) is 12.1 Å². The first-order valence-corrected chi connectivity index (χ1v) is 5.28. The molecule has 1 unspecified atom stereocenters. The highest BCUT2D eigenvalue weighted by Gasteiger charge is 2.10. The summed E-state index contributed by atoms with van der Waals surface area (Å²) in [5, 5.41) is 3.13. The van der Waals surface area contributed by atoms with Gasteiger partial charge in [0.2, 0.25) is 0 Å². The molecule has 3 heteroatoms. The first kappa shape index (κ1) is 12.1. The molecule has 0 bridgehead atoms. The van der Waals surface area contributed by atoms with Crippen molar-refractivity contribution in [2.75, 3.05) is 7.05 Å². The molecule has 0 amide bonds. The third kappa shape index (κ3) is 3.59. The van der Waals surface area contributed by atoms with Crippen molar-refractivity contribution in [1.82, 2.24) is 5.32 Å². The van der Waals surface area contributed by atoms with E-state index in [9.17, 15) is 8.78 Å². The van der Waals surface area contributed by atoms with Gasteiger partial charge in [0.1, 0.15) is 11.6 Å². The summed E-state index contributed by atoms with van der Waals surface area (Å²) in [5.41, 5.74) is 0.573. The molecule has 0 fully saturated rings. The molecule has 0 radical (unpaired) electrons. The van der Waals surface area contributed by atoms with Gasteiger partial charge in [-0.15, -0.1) is 0 Å². The molecule has 0 aromatic heterocycles. The molecule has 0 aliphatic heterocycles. The fourth-order valence-electron chi connectivity index (χ4n) is 1.65. The maximum absolute atomic E-state index is 13.3. The lowest BCUT2D eigenvalue weighted by atomic mass is 10.0. The lowest BCUT2D eigenvalue weighted by Crippen LogP contribution is -2.27. The molecule has 1 aromatic carbocycles. The van der Waals surface area contributed by atoms with Crippen LogP contribution < -0.4 is 5.32 Å². The molecule has 0 saturated carbocycles. The summed E-state index contributed by atoms with van der Waals surface area (Å²) in [4.78, 5) is 0. The van der Waals surface area contributed by atoms with Gasteiger partial charge in [0.25, 0.3) is 0 Å². The molecule has 1 aromatic rings. The van der Waals surface area contributed by atoms with Gasteiger partial charge in [-0.3, -0.25) is 0 Å². The van der Waals surface area contributed by atoms with Crippen molar-refractivity contribution >= 4 is 0 Å². The third-order valence-electron chi connectivity index (χ3n) is 2.53. The molecule has 0 heterocycles. The maximum atomic E-state index is 13.3. The number of hydrogen-bond donors (Lipinski definition) is 1. The summed E-state index contributed by atoms with van der Waals surface area (Å²) in [5.74, 6) is -0.973. The first-order valence-electron chi connectivity index (χ1n) is 5.28. The predicted octanol–water partition coefficient (Wildman–Crippen LogP) is 2.90. The minimum absolute atomic E-state index is 0.259. The van der Waals surface area contributed by atoms with E-state index >= 15 is 0 Å². The van der Waals surface area contributed by atoms with Crippen molar-refractivity contribution in [3.8, 4) is 0 Å². The number of hydrogen-bond acceptors (Lipinski definition) is 1. The molecule has 0 aliphatic carbocycles. The average Bonchev–Trinajstić information content (AvgIpc) is 2.21. The second-order valence-electron chi connectivity index (χ2n) is 3.71. The van der Waals surface area contributed by atoms with Crippen LogP contribution in [0.3, 0.4) is 0 Å². The Kier molecular flexibility index (Phi) is 4.69. The maximum Gasteiger partial charge on any atom is 0.129 e. The van der Waals surface area contributed by atoms with E-state index in [-0.39, 0.29) is 6.04 Å². The SMILES string of the molecule is CCCC(Cc1ccc(F)cc1F)NC. The average molecular weight is 213 g/mol.